The molecule has 1 aliphatic rings. The summed E-state index contributed by atoms with van der Waals surface area (Å²) in [5, 5.41) is 18.8. The van der Waals surface area contributed by atoms with Crippen molar-refractivity contribution in [1.82, 2.24) is 4.90 Å². The van der Waals surface area contributed by atoms with Gasteiger partial charge in [-0.2, -0.15) is 0 Å². The molecule has 1 aliphatic heterocycles. The highest BCUT2D eigenvalue weighted by Crippen LogP contribution is 2.28. The van der Waals surface area contributed by atoms with Crippen molar-refractivity contribution in [3.8, 4) is 11.5 Å². The summed E-state index contributed by atoms with van der Waals surface area (Å²) in [6.45, 7) is 3.67. The fourth-order valence-electron chi connectivity index (χ4n) is 2.76. The van der Waals surface area contributed by atoms with Crippen LogP contribution in [-0.2, 0) is 6.54 Å². The van der Waals surface area contributed by atoms with Gasteiger partial charge in [0.05, 0.1) is 0 Å². The van der Waals surface area contributed by atoms with E-state index in [-0.39, 0.29) is 11.5 Å². The number of piperidine rings is 1. The molecular formula is C14H22N2O2. The third-order valence-electron chi connectivity index (χ3n) is 3.87. The van der Waals surface area contributed by atoms with Crippen LogP contribution in [0, 0.1) is 0 Å². The second kappa shape index (κ2) is 5.59. The minimum Gasteiger partial charge on any atom is -0.504 e. The van der Waals surface area contributed by atoms with Gasteiger partial charge in [-0.15, -0.1) is 0 Å². The zero-order valence-electron chi connectivity index (χ0n) is 10.8. The Morgan fingerprint density at radius 2 is 2.06 bits per heavy atom. The van der Waals surface area contributed by atoms with Gasteiger partial charge in [-0.25, -0.2) is 0 Å². The van der Waals surface area contributed by atoms with Crippen LogP contribution < -0.4 is 5.73 Å². The summed E-state index contributed by atoms with van der Waals surface area (Å²) in [6, 6.07) is 5.96. The van der Waals surface area contributed by atoms with Gasteiger partial charge in [0.2, 0.25) is 0 Å². The molecule has 0 aliphatic carbocycles. The average Bonchev–Trinajstić information content (AvgIpc) is 2.36. The molecule has 0 spiro atoms. The van der Waals surface area contributed by atoms with Gasteiger partial charge in [-0.1, -0.05) is 12.5 Å². The van der Waals surface area contributed by atoms with Crippen LogP contribution in [0.25, 0.3) is 0 Å². The van der Waals surface area contributed by atoms with Crippen LogP contribution in [0.3, 0.4) is 0 Å². The zero-order valence-corrected chi connectivity index (χ0v) is 10.8. The van der Waals surface area contributed by atoms with Crippen LogP contribution in [0.15, 0.2) is 18.2 Å². The summed E-state index contributed by atoms with van der Waals surface area (Å²) in [7, 11) is 0. The molecule has 2 unspecified atom stereocenters. The van der Waals surface area contributed by atoms with Crippen molar-refractivity contribution in [1.29, 1.82) is 0 Å². The van der Waals surface area contributed by atoms with Crippen molar-refractivity contribution in [2.24, 2.45) is 5.73 Å². The minimum atomic E-state index is -0.0687. The molecule has 1 fully saturated rings. The quantitative estimate of drug-likeness (QED) is 0.715. The highest BCUT2D eigenvalue weighted by molar-refractivity contribution is 5.40. The number of hydrogen-bond acceptors (Lipinski definition) is 4. The second-order valence-corrected chi connectivity index (χ2v) is 5.16. The third kappa shape index (κ3) is 2.76. The first kappa shape index (κ1) is 13.2. The molecule has 2 atom stereocenters. The van der Waals surface area contributed by atoms with Gasteiger partial charge in [-0.05, 0) is 37.5 Å². The minimum absolute atomic E-state index is 0.0542. The highest BCUT2D eigenvalue weighted by atomic mass is 16.3. The van der Waals surface area contributed by atoms with Crippen molar-refractivity contribution < 1.29 is 10.2 Å². The van der Waals surface area contributed by atoms with Gasteiger partial charge < -0.3 is 15.9 Å². The van der Waals surface area contributed by atoms with Crippen LogP contribution in [-0.4, -0.2) is 33.7 Å². The SMILES string of the molecule is CC1CCCC(CN)N1Cc1ccc(O)c(O)c1. The Labute approximate surface area is 108 Å². The molecule has 1 aromatic carbocycles. The van der Waals surface area contributed by atoms with Gasteiger partial charge in [0.25, 0.3) is 0 Å². The fraction of sp³-hybridized carbons (Fsp3) is 0.571. The molecule has 4 N–H and O–H groups in total. The molecule has 100 valence electrons. The second-order valence-electron chi connectivity index (χ2n) is 5.16. The Kier molecular flexibility index (Phi) is 4.09. The Bertz CT molecular complexity index is 409. The number of benzene rings is 1. The lowest BCUT2D eigenvalue weighted by molar-refractivity contribution is 0.0891. The van der Waals surface area contributed by atoms with E-state index in [0.29, 0.717) is 18.6 Å². The van der Waals surface area contributed by atoms with Crippen molar-refractivity contribution >= 4 is 0 Å². The van der Waals surface area contributed by atoms with Crippen LogP contribution >= 0.6 is 0 Å². The summed E-state index contributed by atoms with van der Waals surface area (Å²) >= 11 is 0. The molecule has 1 heterocycles. The first-order valence-electron chi connectivity index (χ1n) is 6.58. The highest BCUT2D eigenvalue weighted by Gasteiger charge is 2.26. The van der Waals surface area contributed by atoms with Crippen LogP contribution in [0.4, 0.5) is 0 Å². The maximum absolute atomic E-state index is 9.53. The Hall–Kier alpha value is -1.26. The van der Waals surface area contributed by atoms with E-state index >= 15 is 0 Å². The molecule has 0 radical (unpaired) electrons. The van der Waals surface area contributed by atoms with Crippen molar-refractivity contribution in [2.45, 2.75) is 44.8 Å². The van der Waals surface area contributed by atoms with Gasteiger partial charge in [0.1, 0.15) is 0 Å². The molecule has 1 saturated heterocycles. The number of rotatable bonds is 3. The van der Waals surface area contributed by atoms with Gasteiger partial charge in [0.15, 0.2) is 11.5 Å². The molecule has 2 rings (SSSR count). The first-order valence-corrected chi connectivity index (χ1v) is 6.58. The fourth-order valence-corrected chi connectivity index (χ4v) is 2.76. The summed E-state index contributed by atoms with van der Waals surface area (Å²) in [6.07, 6.45) is 3.58. The smallest absolute Gasteiger partial charge is 0.157 e. The van der Waals surface area contributed by atoms with E-state index in [1.165, 1.54) is 18.9 Å². The molecule has 0 saturated carbocycles. The van der Waals surface area contributed by atoms with Crippen molar-refractivity contribution in [3.63, 3.8) is 0 Å². The van der Waals surface area contributed by atoms with E-state index in [9.17, 15) is 10.2 Å². The molecule has 1 aromatic rings. The number of phenolic OH excluding ortho intramolecular Hbond substituents is 2. The number of likely N-dealkylation sites (tertiary alicyclic amines) is 1. The van der Waals surface area contributed by atoms with Crippen LogP contribution in [0.1, 0.15) is 31.7 Å². The summed E-state index contributed by atoms with van der Waals surface area (Å²) in [5.74, 6) is -0.123. The predicted octanol–water partition coefficient (Wildman–Crippen LogP) is 1.80. The molecule has 4 nitrogen and oxygen atoms in total. The number of nitrogens with two attached hydrogens (primary N) is 1. The zero-order chi connectivity index (χ0) is 13.1. The Balaban J connectivity index is 2.12. The van der Waals surface area contributed by atoms with Crippen LogP contribution in [0.2, 0.25) is 0 Å². The molecule has 0 amide bonds. The van der Waals surface area contributed by atoms with E-state index in [1.807, 2.05) is 6.07 Å². The molecule has 18 heavy (non-hydrogen) atoms. The van der Waals surface area contributed by atoms with E-state index in [1.54, 1.807) is 6.07 Å². The number of aromatic hydroxyl groups is 2. The van der Waals surface area contributed by atoms with Crippen molar-refractivity contribution in [3.05, 3.63) is 23.8 Å². The van der Waals surface area contributed by atoms with Gasteiger partial charge in [0, 0.05) is 25.2 Å². The molecule has 0 bridgehead atoms. The first-order chi connectivity index (χ1) is 8.61. The van der Waals surface area contributed by atoms with Gasteiger partial charge >= 0.3 is 0 Å². The Morgan fingerprint density at radius 3 is 2.72 bits per heavy atom. The maximum Gasteiger partial charge on any atom is 0.157 e. The Morgan fingerprint density at radius 1 is 1.28 bits per heavy atom. The molecule has 0 aromatic heterocycles. The largest absolute Gasteiger partial charge is 0.504 e. The standard InChI is InChI=1S/C14H22N2O2/c1-10-3-2-4-12(8-15)16(10)9-11-5-6-13(17)14(18)7-11/h5-7,10,12,17-18H,2-4,8-9,15H2,1H3. The lowest BCUT2D eigenvalue weighted by Gasteiger charge is -2.40. The summed E-state index contributed by atoms with van der Waals surface area (Å²) < 4.78 is 0. The maximum atomic E-state index is 9.53. The lowest BCUT2D eigenvalue weighted by atomic mass is 9.95. The topological polar surface area (TPSA) is 69.7 Å². The van der Waals surface area contributed by atoms with E-state index in [4.69, 9.17) is 5.73 Å². The average molecular weight is 250 g/mol. The van der Waals surface area contributed by atoms with E-state index in [2.05, 4.69) is 11.8 Å². The molecular weight excluding hydrogens is 228 g/mol. The van der Waals surface area contributed by atoms with Gasteiger partial charge in [-0.3, -0.25) is 4.90 Å². The number of phenols is 2. The molecule has 4 heteroatoms. The lowest BCUT2D eigenvalue weighted by Crippen LogP contribution is -2.48. The monoisotopic (exact) mass is 250 g/mol. The predicted molar refractivity (Wildman–Crippen MR) is 71.5 cm³/mol. The normalized spacial score (nSPS) is 25.2. The number of hydrogen-bond donors (Lipinski definition) is 3. The van der Waals surface area contributed by atoms with Crippen LogP contribution in [0.5, 0.6) is 11.5 Å². The summed E-state index contributed by atoms with van der Waals surface area (Å²) in [5.41, 5.74) is 6.84. The summed E-state index contributed by atoms with van der Waals surface area (Å²) in [4.78, 5) is 2.40. The van der Waals surface area contributed by atoms with E-state index < -0.39 is 0 Å². The third-order valence-corrected chi connectivity index (χ3v) is 3.87. The number of nitrogens with zero attached hydrogens (tertiary/aromatic N) is 1. The van der Waals surface area contributed by atoms with Crippen molar-refractivity contribution in [2.75, 3.05) is 6.54 Å². The van der Waals surface area contributed by atoms with E-state index in [0.717, 1.165) is 18.5 Å².